The number of aliphatic hydroxyl groups excluding tert-OH is 1. The van der Waals surface area contributed by atoms with Crippen LogP contribution < -0.4 is 9.88 Å². The maximum atomic E-state index is 11.4. The lowest BCUT2D eigenvalue weighted by Crippen LogP contribution is -2.41. The molecule has 0 atom stereocenters. The van der Waals surface area contributed by atoms with Gasteiger partial charge in [-0.05, 0) is 170 Å². The van der Waals surface area contributed by atoms with Gasteiger partial charge in [-0.1, -0.05) is 53.4 Å². The molecule has 7 heterocycles. The second kappa shape index (κ2) is 30.1. The number of hydrogen-bond acceptors (Lipinski definition) is 17. The first kappa shape index (κ1) is 67.8. The van der Waals surface area contributed by atoms with Crippen LogP contribution in [0.5, 0.6) is 0 Å². The van der Waals surface area contributed by atoms with Crippen molar-refractivity contribution in [3.05, 3.63) is 116 Å². The average molecular weight is 1250 g/mol. The topological polar surface area (TPSA) is 156 Å². The predicted octanol–water partition coefficient (Wildman–Crippen LogP) is 15.3. The van der Waals surface area contributed by atoms with Gasteiger partial charge < -0.3 is 23.7 Å². The summed E-state index contributed by atoms with van der Waals surface area (Å²) in [6, 6.07) is 0. The number of thiazole rings is 5. The Bertz CT molecular complexity index is 2840. The highest BCUT2D eigenvalue weighted by molar-refractivity contribution is 9.15. The van der Waals surface area contributed by atoms with E-state index in [1.165, 1.54) is 55.6 Å². The number of aryl methyl sites for hydroxylation is 4. The standard InChI is InChI=1S/C12H24B2O4.C10H12BrNOS.C10H13NOS.C8H11NS.C7H6BrNS.C7H9NOS/c1-9(2)10(3,4)16-13(15-9)14-17-11(5,6)12(7,8)18-14;1-4-6(2)9-7(3)12-10(14-9)8(13)5-11;1-5-6(2)9-7(3)11-10(13-9)8(4)12;1-4-6(2)8-7(3)9-5-10-8;1-3-6(8)7-5(2)9-4-10-7;1-3-6(9)7-5(2)8-4-10-7/h1-8H3;4H,5H2,1-3H3;5H,1-4H3;4-5H,1-3H3;3-4H,1-2H2;3-4,9H,1-2H3/b;6-4-;6-5-;6-4-;7-6-;6-3+. The molecule has 0 aliphatic carbocycles. The van der Waals surface area contributed by atoms with Gasteiger partial charge in [-0.25, -0.2) is 24.9 Å². The van der Waals surface area contributed by atoms with Gasteiger partial charge in [-0.2, -0.15) is 0 Å². The van der Waals surface area contributed by atoms with Crippen LogP contribution in [0.1, 0.15) is 173 Å². The molecule has 1 N–H and O–H groups in total. The minimum absolute atomic E-state index is 0.0447. The van der Waals surface area contributed by atoms with Gasteiger partial charge in [0.15, 0.2) is 15.8 Å². The van der Waals surface area contributed by atoms with E-state index in [2.05, 4.69) is 89.9 Å². The molecule has 408 valence electrons. The van der Waals surface area contributed by atoms with Crippen molar-refractivity contribution in [3.8, 4) is 0 Å². The third-order valence-electron chi connectivity index (χ3n) is 12.4. The summed E-state index contributed by atoms with van der Waals surface area (Å²) < 4.78 is 25.9. The Morgan fingerprint density at radius 3 is 1.29 bits per heavy atom. The van der Waals surface area contributed by atoms with E-state index in [0.29, 0.717) is 21.1 Å². The number of rotatable bonds is 9. The Hall–Kier alpha value is -3.34. The highest BCUT2D eigenvalue weighted by Gasteiger charge is 2.63. The molecule has 0 aromatic carbocycles. The fourth-order valence-electron chi connectivity index (χ4n) is 6.16. The molecule has 5 aromatic rings. The van der Waals surface area contributed by atoms with Crippen LogP contribution in [0.2, 0.25) is 0 Å². The molecule has 75 heavy (non-hydrogen) atoms. The number of hydrogen-bond donors (Lipinski definition) is 1. The number of carbonyl (C=O) groups is 2. The summed E-state index contributed by atoms with van der Waals surface area (Å²) in [6.07, 6.45) is 9.58. The van der Waals surface area contributed by atoms with Gasteiger partial charge >= 0.3 is 14.0 Å². The lowest BCUT2D eigenvalue weighted by molar-refractivity contribution is 0.00578. The van der Waals surface area contributed by atoms with Crippen molar-refractivity contribution < 1.29 is 33.3 Å². The largest absolute Gasteiger partial charge is 0.507 e. The quantitative estimate of drug-likeness (QED) is 0.0646. The number of alkyl halides is 1. The number of nitrogens with zero attached hydrogens (tertiary/aromatic N) is 5. The summed E-state index contributed by atoms with van der Waals surface area (Å²) in [4.78, 5) is 47.4. The van der Waals surface area contributed by atoms with Gasteiger partial charge in [0.1, 0.15) is 5.76 Å². The van der Waals surface area contributed by atoms with E-state index >= 15 is 0 Å². The van der Waals surface area contributed by atoms with E-state index in [1.54, 1.807) is 59.7 Å². The highest BCUT2D eigenvalue weighted by Crippen LogP contribution is 2.43. The fraction of sp³-hybridized carbons (Fsp3) is 0.463. The summed E-state index contributed by atoms with van der Waals surface area (Å²) in [7, 11) is -0.952. The zero-order valence-electron chi connectivity index (χ0n) is 47.3. The van der Waals surface area contributed by atoms with Gasteiger partial charge in [0.25, 0.3) is 0 Å². The van der Waals surface area contributed by atoms with E-state index in [0.717, 1.165) is 51.8 Å². The molecule has 0 saturated carbocycles. The molecule has 5 aromatic heterocycles. The highest BCUT2D eigenvalue weighted by atomic mass is 79.9. The lowest BCUT2D eigenvalue weighted by Gasteiger charge is -2.32. The predicted molar refractivity (Wildman–Crippen MR) is 331 cm³/mol. The van der Waals surface area contributed by atoms with E-state index in [-0.39, 0.29) is 34.0 Å². The molecule has 0 spiro atoms. The smallest absolute Gasteiger partial charge is 0.488 e. The second-order valence-electron chi connectivity index (χ2n) is 19.0. The monoisotopic (exact) mass is 1250 g/mol. The van der Waals surface area contributed by atoms with E-state index < -0.39 is 14.0 Å². The third-order valence-corrected chi connectivity index (χ3v) is 19.6. The van der Waals surface area contributed by atoms with Gasteiger partial charge in [-0.15, -0.1) is 56.7 Å². The Balaban J connectivity index is 0.000000313. The Morgan fingerprint density at radius 1 is 0.613 bits per heavy atom. The number of carbonyl (C=O) groups excluding carboxylic acids is 2. The molecule has 0 unspecified atom stereocenters. The van der Waals surface area contributed by atoms with Crippen LogP contribution in [0.3, 0.4) is 0 Å². The molecule has 0 bridgehead atoms. The van der Waals surface area contributed by atoms with Crippen molar-refractivity contribution in [2.24, 2.45) is 0 Å². The first-order valence-electron chi connectivity index (χ1n) is 24.0. The average Bonchev–Trinajstić information content (AvgIpc) is 4.25. The summed E-state index contributed by atoms with van der Waals surface area (Å²) in [5, 5.41) is 11.6. The number of aliphatic hydroxyl groups is 1. The molecule has 2 aliphatic heterocycles. The fourth-order valence-corrected chi connectivity index (χ4v) is 11.4. The van der Waals surface area contributed by atoms with E-state index in [9.17, 15) is 14.7 Å². The van der Waals surface area contributed by atoms with E-state index in [4.69, 9.17) is 18.6 Å². The number of Topliss-reactive ketones (excluding diaryl/α,β-unsaturated/α-hetero) is 2. The number of ketones is 2. The maximum absolute atomic E-state index is 11.4. The van der Waals surface area contributed by atoms with Crippen LogP contribution in [0.15, 0.2) is 53.5 Å². The van der Waals surface area contributed by atoms with Crippen LogP contribution in [0, 0.1) is 27.7 Å². The molecule has 12 nitrogen and oxygen atoms in total. The summed E-state index contributed by atoms with van der Waals surface area (Å²) >= 11 is 14.1. The molecule has 7 rings (SSSR count). The molecular weight excluding hydrogens is 1170 g/mol. The summed E-state index contributed by atoms with van der Waals surface area (Å²) in [5.41, 5.74) is 11.5. The van der Waals surface area contributed by atoms with Crippen molar-refractivity contribution in [3.63, 3.8) is 0 Å². The van der Waals surface area contributed by atoms with Crippen LogP contribution >= 0.6 is 88.5 Å². The molecule has 0 radical (unpaired) electrons. The minimum Gasteiger partial charge on any atom is -0.507 e. The molecule has 2 fully saturated rings. The number of allylic oxidation sites excluding steroid dienone is 8. The number of halogens is 2. The van der Waals surface area contributed by atoms with Crippen molar-refractivity contribution in [2.45, 2.75) is 161 Å². The molecule has 21 heteroatoms. The summed E-state index contributed by atoms with van der Waals surface area (Å²) in [5.74, 6) is 0.413. The summed E-state index contributed by atoms with van der Waals surface area (Å²) in [6.45, 7) is 46.9. The molecular formula is C54H75B2Br2N5O7S5. The number of aromatic nitrogens is 5. The maximum Gasteiger partial charge on any atom is 0.488 e. The Kier molecular flexibility index (Phi) is 27.2. The minimum atomic E-state index is -0.476. The van der Waals surface area contributed by atoms with Gasteiger partial charge in [0, 0.05) is 11.4 Å². The van der Waals surface area contributed by atoms with Crippen molar-refractivity contribution in [1.82, 2.24) is 24.9 Å². The normalized spacial score (nSPS) is 16.9. The van der Waals surface area contributed by atoms with Gasteiger partial charge in [-0.3, -0.25) is 9.59 Å². The first-order chi connectivity index (χ1) is 34.8. The van der Waals surface area contributed by atoms with Crippen molar-refractivity contribution >= 4 is 148 Å². The molecule has 0 amide bonds. The Morgan fingerprint density at radius 2 is 0.987 bits per heavy atom. The van der Waals surface area contributed by atoms with Crippen LogP contribution in [0.25, 0.3) is 33.5 Å². The van der Waals surface area contributed by atoms with Crippen molar-refractivity contribution in [2.75, 3.05) is 5.33 Å². The Labute approximate surface area is 483 Å². The van der Waals surface area contributed by atoms with Crippen LogP contribution in [-0.4, -0.2) is 83.3 Å². The third kappa shape index (κ3) is 18.9. The first-order valence-corrected chi connectivity index (χ1v) is 30.2. The van der Waals surface area contributed by atoms with Crippen LogP contribution in [-0.2, 0) is 18.6 Å². The molecule has 2 aliphatic rings. The zero-order valence-corrected chi connectivity index (χ0v) is 54.6. The SMILES string of the molecule is C/C=C(/C)c1sc(C(=O)CBr)nc1C.C/C=C(/C)c1sc(C(C)=O)nc1C.C/C=C(/C)c1scnc1C.C/C=C(/O)c1scnc1C.C=C/C(Br)=c1/scnc1=C.CC1(C)OB(B2OC(C)(C)C(C)(C)O2)OC1(C)C. The van der Waals surface area contributed by atoms with Gasteiger partial charge in [0.2, 0.25) is 5.78 Å². The molecule has 2 saturated heterocycles. The lowest BCUT2D eigenvalue weighted by atomic mass is 9.49. The van der Waals surface area contributed by atoms with Crippen LogP contribution in [0.4, 0.5) is 0 Å². The second-order valence-corrected chi connectivity index (χ2v) is 25.0. The van der Waals surface area contributed by atoms with Gasteiger partial charge in [0.05, 0.1) is 96.4 Å². The zero-order chi connectivity index (χ0) is 57.4. The van der Waals surface area contributed by atoms with E-state index in [1.807, 2.05) is 128 Å². The van der Waals surface area contributed by atoms with Crippen molar-refractivity contribution in [1.29, 1.82) is 0 Å².